The van der Waals surface area contributed by atoms with Crippen molar-refractivity contribution in [3.8, 4) is 11.1 Å². The third-order valence-corrected chi connectivity index (χ3v) is 9.59. The Balaban J connectivity index is 1.43. The van der Waals surface area contributed by atoms with Crippen LogP contribution in [0.3, 0.4) is 0 Å². The molecular formula is C43H34N2. The molecule has 6 aromatic carbocycles. The van der Waals surface area contributed by atoms with Crippen LogP contribution in [-0.2, 0) is 5.41 Å². The smallest absolute Gasteiger partial charge is 0.155 e. The van der Waals surface area contributed by atoms with Gasteiger partial charge in [-0.3, -0.25) is 4.99 Å². The lowest BCUT2D eigenvalue weighted by molar-refractivity contribution is 0.532. The second kappa shape index (κ2) is 11.3. The minimum Gasteiger partial charge on any atom is -0.257 e. The number of aliphatic imine (C=N–C) groups is 2. The molecule has 1 aliphatic heterocycles. The quantitative estimate of drug-likeness (QED) is 0.188. The molecule has 2 heteroatoms. The molecule has 2 atom stereocenters. The normalized spacial score (nSPS) is 18.0. The Bertz CT molecular complexity index is 1990. The molecular weight excluding hydrogens is 544 g/mol. The van der Waals surface area contributed by atoms with Crippen molar-refractivity contribution in [2.75, 3.05) is 0 Å². The molecule has 216 valence electrons. The second-order valence-corrected chi connectivity index (χ2v) is 11.9. The highest BCUT2D eigenvalue weighted by Gasteiger charge is 2.47. The van der Waals surface area contributed by atoms with Crippen LogP contribution in [0.5, 0.6) is 0 Å². The second-order valence-electron chi connectivity index (χ2n) is 11.9. The van der Waals surface area contributed by atoms with E-state index in [4.69, 9.17) is 9.98 Å². The van der Waals surface area contributed by atoms with Crippen LogP contribution in [0, 0.1) is 5.92 Å². The highest BCUT2D eigenvalue weighted by molar-refractivity contribution is 6.18. The van der Waals surface area contributed by atoms with Crippen LogP contribution in [0.2, 0.25) is 0 Å². The number of amidine groups is 1. The molecule has 0 amide bonds. The average Bonchev–Trinajstić information content (AvgIpc) is 3.44. The van der Waals surface area contributed by atoms with E-state index >= 15 is 0 Å². The molecule has 0 spiro atoms. The molecule has 0 saturated heterocycles. The molecule has 0 N–H and O–H groups in total. The van der Waals surface area contributed by atoms with Gasteiger partial charge in [0, 0.05) is 17.0 Å². The summed E-state index contributed by atoms with van der Waals surface area (Å²) < 4.78 is 0. The largest absolute Gasteiger partial charge is 0.257 e. The van der Waals surface area contributed by atoms with Crippen molar-refractivity contribution < 1.29 is 0 Å². The number of hydrogen-bond acceptors (Lipinski definition) is 2. The first-order chi connectivity index (χ1) is 22.3. The van der Waals surface area contributed by atoms with Crippen molar-refractivity contribution in [1.29, 1.82) is 0 Å². The number of nitrogens with zero attached hydrogens (tertiary/aromatic N) is 2. The molecule has 2 unspecified atom stereocenters. The summed E-state index contributed by atoms with van der Waals surface area (Å²) in [6.07, 6.45) is 0.928. The fourth-order valence-electron chi connectivity index (χ4n) is 7.66. The third kappa shape index (κ3) is 4.32. The fraction of sp³-hybridized carbons (Fsp3) is 0.116. The minimum atomic E-state index is -0.448. The summed E-state index contributed by atoms with van der Waals surface area (Å²) in [4.78, 5) is 10.8. The molecule has 45 heavy (non-hydrogen) atoms. The van der Waals surface area contributed by atoms with E-state index in [1.807, 2.05) is 0 Å². The van der Waals surface area contributed by atoms with E-state index in [1.165, 1.54) is 44.5 Å². The van der Waals surface area contributed by atoms with Crippen molar-refractivity contribution in [3.05, 3.63) is 203 Å². The molecule has 1 aliphatic carbocycles. The van der Waals surface area contributed by atoms with E-state index in [9.17, 15) is 0 Å². The molecule has 0 saturated carbocycles. The summed E-state index contributed by atoms with van der Waals surface area (Å²) >= 11 is 0. The van der Waals surface area contributed by atoms with E-state index in [1.54, 1.807) is 0 Å². The van der Waals surface area contributed by atoms with Crippen molar-refractivity contribution in [2.45, 2.75) is 24.8 Å². The zero-order chi connectivity index (χ0) is 30.2. The van der Waals surface area contributed by atoms with Crippen LogP contribution >= 0.6 is 0 Å². The molecule has 0 radical (unpaired) electrons. The minimum absolute atomic E-state index is 0.0283. The fourth-order valence-corrected chi connectivity index (χ4v) is 7.66. The Labute approximate surface area is 265 Å². The van der Waals surface area contributed by atoms with Crippen molar-refractivity contribution >= 4 is 11.5 Å². The van der Waals surface area contributed by atoms with E-state index < -0.39 is 5.41 Å². The maximum atomic E-state index is 5.46. The zero-order valence-corrected chi connectivity index (χ0v) is 25.3. The SMILES string of the molecule is CCC1C(c2cccc3c2-c2ccccc2C3(c2ccccc2)c2ccccc2)=NC(c2ccccc2)=NC1c1ccccc1. The number of hydrogen-bond donors (Lipinski definition) is 0. The van der Waals surface area contributed by atoms with Crippen LogP contribution in [0.4, 0.5) is 0 Å². The number of rotatable bonds is 6. The van der Waals surface area contributed by atoms with Gasteiger partial charge in [0.1, 0.15) is 0 Å². The van der Waals surface area contributed by atoms with Gasteiger partial charge in [-0.25, -0.2) is 4.99 Å². The maximum absolute atomic E-state index is 5.46. The van der Waals surface area contributed by atoms with Crippen molar-refractivity contribution in [2.24, 2.45) is 15.9 Å². The van der Waals surface area contributed by atoms with Crippen LogP contribution in [0.15, 0.2) is 174 Å². The summed E-state index contributed by atoms with van der Waals surface area (Å²) in [5, 5.41) is 0. The van der Waals surface area contributed by atoms with Gasteiger partial charge in [-0.1, -0.05) is 171 Å². The Kier molecular flexibility index (Phi) is 6.84. The summed E-state index contributed by atoms with van der Waals surface area (Å²) in [6, 6.07) is 59.0. The zero-order valence-electron chi connectivity index (χ0n) is 25.3. The number of benzene rings is 6. The Morgan fingerprint density at radius 3 is 1.71 bits per heavy atom. The first-order valence-corrected chi connectivity index (χ1v) is 15.9. The highest BCUT2D eigenvalue weighted by Crippen LogP contribution is 2.57. The van der Waals surface area contributed by atoms with Gasteiger partial charge in [0.25, 0.3) is 0 Å². The van der Waals surface area contributed by atoms with Crippen molar-refractivity contribution in [1.82, 2.24) is 0 Å². The van der Waals surface area contributed by atoms with Crippen LogP contribution in [0.1, 0.15) is 58.3 Å². The average molecular weight is 579 g/mol. The van der Waals surface area contributed by atoms with Gasteiger partial charge in [0.05, 0.1) is 17.2 Å². The third-order valence-electron chi connectivity index (χ3n) is 9.59. The molecule has 1 heterocycles. The Hall–Kier alpha value is -5.34. The molecule has 0 aromatic heterocycles. The molecule has 0 fully saturated rings. The first-order valence-electron chi connectivity index (χ1n) is 15.9. The van der Waals surface area contributed by atoms with Gasteiger partial charge < -0.3 is 0 Å². The van der Waals surface area contributed by atoms with Gasteiger partial charge in [0.15, 0.2) is 5.84 Å². The maximum Gasteiger partial charge on any atom is 0.155 e. The van der Waals surface area contributed by atoms with E-state index in [0.29, 0.717) is 0 Å². The van der Waals surface area contributed by atoms with Gasteiger partial charge in [0.2, 0.25) is 0 Å². The Morgan fingerprint density at radius 1 is 0.533 bits per heavy atom. The summed E-state index contributed by atoms with van der Waals surface area (Å²) in [6.45, 7) is 2.27. The summed E-state index contributed by atoms with van der Waals surface area (Å²) in [5.74, 6) is 0.924. The summed E-state index contributed by atoms with van der Waals surface area (Å²) in [7, 11) is 0. The number of fused-ring (bicyclic) bond motifs is 3. The van der Waals surface area contributed by atoms with Crippen molar-refractivity contribution in [3.63, 3.8) is 0 Å². The molecule has 0 bridgehead atoms. The first kappa shape index (κ1) is 27.2. The van der Waals surface area contributed by atoms with E-state index in [0.717, 1.165) is 23.5 Å². The monoisotopic (exact) mass is 578 g/mol. The molecule has 2 nitrogen and oxygen atoms in total. The van der Waals surface area contributed by atoms with Gasteiger partial charge >= 0.3 is 0 Å². The van der Waals surface area contributed by atoms with E-state index in [-0.39, 0.29) is 12.0 Å². The molecule has 2 aliphatic rings. The topological polar surface area (TPSA) is 24.7 Å². The van der Waals surface area contributed by atoms with Gasteiger partial charge in [-0.15, -0.1) is 0 Å². The van der Waals surface area contributed by atoms with Crippen LogP contribution in [-0.4, -0.2) is 11.5 Å². The standard InChI is InChI=1S/C43H34N2/c1-2-34-40(30-18-7-3-8-19-30)44-42(31-20-9-4-10-21-31)45-41(34)36-27-17-29-38-39(36)35-26-15-16-28-37(35)43(38,32-22-11-5-12-23-32)33-24-13-6-14-25-33/h3-29,34,40H,2H2,1H3. The van der Waals surface area contributed by atoms with Crippen LogP contribution < -0.4 is 0 Å². The predicted molar refractivity (Wildman–Crippen MR) is 186 cm³/mol. The van der Waals surface area contributed by atoms with Gasteiger partial charge in [-0.2, -0.15) is 0 Å². The lowest BCUT2D eigenvalue weighted by atomic mass is 9.67. The lowest BCUT2D eigenvalue weighted by Crippen LogP contribution is -2.30. The summed E-state index contributed by atoms with van der Waals surface area (Å²) in [5.41, 5.74) is 11.8. The van der Waals surface area contributed by atoms with E-state index in [2.05, 4.69) is 171 Å². The molecule has 8 rings (SSSR count). The lowest BCUT2D eigenvalue weighted by Gasteiger charge is -2.34. The van der Waals surface area contributed by atoms with Gasteiger partial charge in [-0.05, 0) is 45.4 Å². The molecule has 6 aromatic rings. The highest BCUT2D eigenvalue weighted by atomic mass is 15.0. The van der Waals surface area contributed by atoms with Crippen LogP contribution in [0.25, 0.3) is 11.1 Å². The predicted octanol–water partition coefficient (Wildman–Crippen LogP) is 10.1. The Morgan fingerprint density at radius 2 is 1.07 bits per heavy atom.